The highest BCUT2D eigenvalue weighted by Gasteiger charge is 2.49. The van der Waals surface area contributed by atoms with Crippen LogP contribution >= 0.6 is 15.9 Å². The molecule has 1 aromatic rings. The van der Waals surface area contributed by atoms with E-state index in [1.54, 1.807) is 7.11 Å². The highest BCUT2D eigenvalue weighted by atomic mass is 79.9. The van der Waals surface area contributed by atoms with Crippen molar-refractivity contribution in [2.45, 2.75) is 56.5 Å². The normalized spacial score (nSPS) is 20.5. The fraction of sp³-hybridized carbons (Fsp3) is 0.588. The molecule has 2 fully saturated rings. The van der Waals surface area contributed by atoms with Crippen LogP contribution in [0.15, 0.2) is 16.6 Å². The van der Waals surface area contributed by atoms with Gasteiger partial charge in [-0.2, -0.15) is 0 Å². The minimum Gasteiger partial charge on any atom is -0.493 e. The molecule has 2 aliphatic rings. The van der Waals surface area contributed by atoms with Gasteiger partial charge in [-0.25, -0.2) is 0 Å². The molecule has 0 atom stereocenters. The van der Waals surface area contributed by atoms with Gasteiger partial charge in [-0.15, -0.1) is 0 Å². The van der Waals surface area contributed by atoms with Crippen LogP contribution in [-0.2, 0) is 10.2 Å². The molecule has 0 amide bonds. The third-order valence-corrected chi connectivity index (χ3v) is 5.63. The van der Waals surface area contributed by atoms with E-state index in [4.69, 9.17) is 9.47 Å². The van der Waals surface area contributed by atoms with Crippen LogP contribution in [0.2, 0.25) is 0 Å². The number of carboxylic acids is 1. The van der Waals surface area contributed by atoms with E-state index in [2.05, 4.69) is 15.9 Å². The smallest absolute Gasteiger partial charge is 0.314 e. The van der Waals surface area contributed by atoms with E-state index in [9.17, 15) is 9.90 Å². The molecule has 3 rings (SSSR count). The molecule has 0 aromatic heterocycles. The zero-order valence-electron chi connectivity index (χ0n) is 12.7. The number of carbonyl (C=O) groups is 1. The van der Waals surface area contributed by atoms with E-state index in [0.717, 1.165) is 29.3 Å². The Hall–Kier alpha value is -1.23. The Morgan fingerprint density at radius 1 is 1.27 bits per heavy atom. The lowest BCUT2D eigenvalue weighted by molar-refractivity contribution is -0.147. The molecular weight excluding hydrogens is 348 g/mol. The molecule has 1 aromatic carbocycles. The maximum Gasteiger partial charge on any atom is 0.314 e. The fourth-order valence-electron chi connectivity index (χ4n) is 3.54. The van der Waals surface area contributed by atoms with E-state index in [1.165, 1.54) is 12.8 Å². The summed E-state index contributed by atoms with van der Waals surface area (Å²) in [5.41, 5.74) is -0.0982. The molecule has 0 spiro atoms. The topological polar surface area (TPSA) is 55.8 Å². The summed E-state index contributed by atoms with van der Waals surface area (Å²) in [5.74, 6) is 0.465. The van der Waals surface area contributed by atoms with Crippen molar-refractivity contribution in [1.29, 1.82) is 0 Å². The van der Waals surface area contributed by atoms with Gasteiger partial charge in [-0.1, -0.05) is 22.4 Å². The number of halogens is 1. The van der Waals surface area contributed by atoms with Crippen LogP contribution in [0.1, 0.15) is 50.5 Å². The maximum absolute atomic E-state index is 11.9. The summed E-state index contributed by atoms with van der Waals surface area (Å²) in [7, 11) is 1.60. The molecule has 0 radical (unpaired) electrons. The van der Waals surface area contributed by atoms with Crippen LogP contribution in [0.4, 0.5) is 0 Å². The second kappa shape index (κ2) is 6.11. The van der Waals surface area contributed by atoms with Gasteiger partial charge in [-0.05, 0) is 50.7 Å². The van der Waals surface area contributed by atoms with E-state index in [-0.39, 0.29) is 6.10 Å². The first kappa shape index (κ1) is 15.7. The SMILES string of the molecule is COc1ccc(Br)c(C2(C(=O)O)CCC2)c1OC1CCCC1. The standard InChI is InChI=1S/C17H21BrO4/c1-21-13-8-7-12(18)14(17(16(19)20)9-4-10-17)15(13)22-11-5-2-3-6-11/h7-8,11H,2-6,9-10H2,1H3,(H,19,20). The predicted octanol–water partition coefficient (Wildman–Crippen LogP) is 4.29. The van der Waals surface area contributed by atoms with Gasteiger partial charge in [0.1, 0.15) is 0 Å². The molecule has 0 saturated heterocycles. The Bertz CT molecular complexity index is 574. The summed E-state index contributed by atoms with van der Waals surface area (Å²) in [5, 5.41) is 9.79. The van der Waals surface area contributed by atoms with Crippen LogP contribution < -0.4 is 9.47 Å². The third kappa shape index (κ3) is 2.49. The van der Waals surface area contributed by atoms with Crippen LogP contribution in [0.5, 0.6) is 11.5 Å². The molecule has 2 saturated carbocycles. The first-order valence-corrected chi connectivity index (χ1v) is 8.65. The van der Waals surface area contributed by atoms with Crippen molar-refractivity contribution < 1.29 is 19.4 Å². The van der Waals surface area contributed by atoms with Crippen LogP contribution in [0, 0.1) is 0 Å². The second-order valence-corrected chi connectivity index (χ2v) is 7.07. The molecule has 0 unspecified atom stereocenters. The molecule has 0 aliphatic heterocycles. The number of aliphatic carboxylic acids is 1. The van der Waals surface area contributed by atoms with E-state index < -0.39 is 11.4 Å². The first-order chi connectivity index (χ1) is 10.6. The van der Waals surface area contributed by atoms with Crippen molar-refractivity contribution in [3.63, 3.8) is 0 Å². The molecule has 1 N–H and O–H groups in total. The Morgan fingerprint density at radius 2 is 1.95 bits per heavy atom. The zero-order chi connectivity index (χ0) is 15.7. The average molecular weight is 369 g/mol. The number of rotatable bonds is 5. The van der Waals surface area contributed by atoms with Gasteiger partial charge in [-0.3, -0.25) is 4.79 Å². The number of carboxylic acid groups (broad SMARTS) is 1. The molecule has 0 bridgehead atoms. The highest BCUT2D eigenvalue weighted by molar-refractivity contribution is 9.10. The minimum absolute atomic E-state index is 0.160. The van der Waals surface area contributed by atoms with Gasteiger partial charge in [0.2, 0.25) is 0 Å². The van der Waals surface area contributed by atoms with Crippen molar-refractivity contribution in [1.82, 2.24) is 0 Å². The summed E-state index contributed by atoms with van der Waals surface area (Å²) in [6.45, 7) is 0. The second-order valence-electron chi connectivity index (χ2n) is 6.22. The lowest BCUT2D eigenvalue weighted by Gasteiger charge is -2.40. The number of hydrogen-bond acceptors (Lipinski definition) is 3. The van der Waals surface area contributed by atoms with Crippen LogP contribution in [0.25, 0.3) is 0 Å². The zero-order valence-corrected chi connectivity index (χ0v) is 14.3. The molecule has 120 valence electrons. The van der Waals surface area contributed by atoms with Crippen molar-refractivity contribution >= 4 is 21.9 Å². The quantitative estimate of drug-likeness (QED) is 0.842. The van der Waals surface area contributed by atoms with Crippen molar-refractivity contribution in [3.8, 4) is 11.5 Å². The summed E-state index contributed by atoms with van der Waals surface area (Å²) in [4.78, 5) is 11.9. The lowest BCUT2D eigenvalue weighted by Crippen LogP contribution is -2.43. The van der Waals surface area contributed by atoms with Gasteiger partial charge in [0, 0.05) is 10.0 Å². The number of hydrogen-bond donors (Lipinski definition) is 1. The van der Waals surface area contributed by atoms with Gasteiger partial charge in [0.25, 0.3) is 0 Å². The Labute approximate surface area is 138 Å². The first-order valence-electron chi connectivity index (χ1n) is 7.85. The van der Waals surface area contributed by atoms with Crippen LogP contribution in [0.3, 0.4) is 0 Å². The summed E-state index contributed by atoms with van der Waals surface area (Å²) >= 11 is 3.54. The average Bonchev–Trinajstić information content (AvgIpc) is 2.93. The van der Waals surface area contributed by atoms with Gasteiger partial charge in [0.15, 0.2) is 11.5 Å². The molecular formula is C17H21BrO4. The molecule has 2 aliphatic carbocycles. The summed E-state index contributed by atoms with van der Waals surface area (Å²) < 4.78 is 12.5. The van der Waals surface area contributed by atoms with Crippen molar-refractivity contribution in [2.75, 3.05) is 7.11 Å². The number of methoxy groups -OCH3 is 1. The fourth-order valence-corrected chi connectivity index (χ4v) is 4.23. The minimum atomic E-state index is -0.846. The Kier molecular flexibility index (Phi) is 4.35. The molecule has 4 nitrogen and oxygen atoms in total. The predicted molar refractivity (Wildman–Crippen MR) is 86.7 cm³/mol. The largest absolute Gasteiger partial charge is 0.493 e. The number of benzene rings is 1. The summed E-state index contributed by atoms with van der Waals surface area (Å²) in [6, 6.07) is 3.70. The highest BCUT2D eigenvalue weighted by Crippen LogP contribution is 2.53. The lowest BCUT2D eigenvalue weighted by atomic mass is 9.64. The van der Waals surface area contributed by atoms with E-state index >= 15 is 0 Å². The Morgan fingerprint density at radius 3 is 2.45 bits per heavy atom. The Balaban J connectivity index is 2.08. The van der Waals surface area contributed by atoms with Gasteiger partial charge < -0.3 is 14.6 Å². The summed E-state index contributed by atoms with van der Waals surface area (Å²) in [6.07, 6.45) is 6.77. The third-order valence-electron chi connectivity index (χ3n) is 4.97. The molecule has 0 heterocycles. The van der Waals surface area contributed by atoms with Crippen LogP contribution in [-0.4, -0.2) is 24.3 Å². The van der Waals surface area contributed by atoms with Gasteiger partial charge in [0.05, 0.1) is 18.6 Å². The van der Waals surface area contributed by atoms with Gasteiger partial charge >= 0.3 is 5.97 Å². The van der Waals surface area contributed by atoms with Crippen molar-refractivity contribution in [2.24, 2.45) is 0 Å². The van der Waals surface area contributed by atoms with Crippen molar-refractivity contribution in [3.05, 3.63) is 22.2 Å². The monoisotopic (exact) mass is 368 g/mol. The van der Waals surface area contributed by atoms with E-state index in [0.29, 0.717) is 24.3 Å². The molecule has 22 heavy (non-hydrogen) atoms. The maximum atomic E-state index is 11.9. The molecule has 5 heteroatoms. The van der Waals surface area contributed by atoms with E-state index in [1.807, 2.05) is 12.1 Å². The number of ether oxygens (including phenoxy) is 2.